The molecule has 1 aliphatic carbocycles. The maximum atomic E-state index is 14.1. The molecule has 0 radical (unpaired) electrons. The second-order valence-electron chi connectivity index (χ2n) is 7.30. The van der Waals surface area contributed by atoms with Crippen molar-refractivity contribution in [1.82, 2.24) is 0 Å². The van der Waals surface area contributed by atoms with E-state index in [2.05, 4.69) is 10.6 Å². The fraction of sp³-hybridized carbons (Fsp3) is 0.364. The summed E-state index contributed by atoms with van der Waals surface area (Å²) < 4.78 is 14.1. The van der Waals surface area contributed by atoms with Gasteiger partial charge >= 0.3 is 0 Å². The molecule has 0 saturated heterocycles. The third-order valence-electron chi connectivity index (χ3n) is 5.10. The van der Waals surface area contributed by atoms with E-state index in [0.717, 1.165) is 37.7 Å². The molecule has 1 unspecified atom stereocenters. The van der Waals surface area contributed by atoms with Gasteiger partial charge < -0.3 is 16.4 Å². The number of carbonyl (C=O) groups excluding carboxylic acids is 2. The Morgan fingerprint density at radius 3 is 2.46 bits per heavy atom. The molecule has 28 heavy (non-hydrogen) atoms. The number of halogens is 1. The molecule has 0 spiro atoms. The van der Waals surface area contributed by atoms with Crippen molar-refractivity contribution in [2.45, 2.75) is 44.6 Å². The van der Waals surface area contributed by atoms with Gasteiger partial charge in [-0.05, 0) is 43.0 Å². The first-order valence-electron chi connectivity index (χ1n) is 9.73. The zero-order valence-electron chi connectivity index (χ0n) is 15.8. The van der Waals surface area contributed by atoms with Crippen LogP contribution in [0.4, 0.5) is 15.8 Å². The number of rotatable bonds is 6. The number of carbonyl (C=O) groups is 2. The lowest BCUT2D eigenvalue weighted by molar-refractivity contribution is -0.120. The Morgan fingerprint density at radius 1 is 1.04 bits per heavy atom. The van der Waals surface area contributed by atoms with E-state index in [1.807, 2.05) is 30.3 Å². The van der Waals surface area contributed by atoms with Crippen LogP contribution in [0, 0.1) is 11.7 Å². The summed E-state index contributed by atoms with van der Waals surface area (Å²) in [5, 5.41) is 5.37. The average Bonchev–Trinajstić information content (AvgIpc) is 2.71. The number of nitrogens with two attached hydrogens (primary N) is 1. The van der Waals surface area contributed by atoms with Crippen molar-refractivity contribution >= 4 is 23.2 Å². The highest BCUT2D eigenvalue weighted by Gasteiger charge is 2.22. The first kappa shape index (κ1) is 20.0. The van der Waals surface area contributed by atoms with Crippen LogP contribution in [-0.4, -0.2) is 17.9 Å². The molecular formula is C22H26FN3O2. The van der Waals surface area contributed by atoms with E-state index in [1.165, 1.54) is 18.2 Å². The van der Waals surface area contributed by atoms with Gasteiger partial charge in [0.25, 0.3) is 0 Å². The highest BCUT2D eigenvalue weighted by molar-refractivity contribution is 5.97. The van der Waals surface area contributed by atoms with E-state index in [9.17, 15) is 14.0 Å². The summed E-state index contributed by atoms with van der Waals surface area (Å²) in [6.07, 6.45) is 5.25. The number of benzene rings is 2. The third kappa shape index (κ3) is 5.39. The number of anilines is 2. The van der Waals surface area contributed by atoms with Crippen LogP contribution >= 0.6 is 0 Å². The summed E-state index contributed by atoms with van der Waals surface area (Å²) >= 11 is 0. The van der Waals surface area contributed by atoms with Crippen LogP contribution in [0.5, 0.6) is 0 Å². The van der Waals surface area contributed by atoms with Gasteiger partial charge in [0.1, 0.15) is 5.82 Å². The Balaban J connectivity index is 1.62. The van der Waals surface area contributed by atoms with Gasteiger partial charge in [-0.25, -0.2) is 4.39 Å². The quantitative estimate of drug-likeness (QED) is 0.708. The normalized spacial score (nSPS) is 15.6. The molecule has 2 aromatic carbocycles. The van der Waals surface area contributed by atoms with Crippen LogP contribution in [0.3, 0.4) is 0 Å². The Kier molecular flexibility index (Phi) is 6.76. The van der Waals surface area contributed by atoms with Crippen molar-refractivity contribution < 1.29 is 14.0 Å². The van der Waals surface area contributed by atoms with Gasteiger partial charge in [-0.1, -0.05) is 49.6 Å². The van der Waals surface area contributed by atoms with Gasteiger partial charge in [0.05, 0.1) is 11.7 Å². The first-order chi connectivity index (χ1) is 13.5. The van der Waals surface area contributed by atoms with Crippen molar-refractivity contribution in [3.8, 4) is 0 Å². The topological polar surface area (TPSA) is 84.2 Å². The van der Waals surface area contributed by atoms with E-state index in [4.69, 9.17) is 5.73 Å². The molecule has 1 saturated carbocycles. The Hall–Kier alpha value is -2.73. The zero-order valence-corrected chi connectivity index (χ0v) is 15.8. The second-order valence-corrected chi connectivity index (χ2v) is 7.30. The summed E-state index contributed by atoms with van der Waals surface area (Å²) in [6, 6.07) is 12.9. The number of nitrogens with one attached hydrogen (secondary N) is 2. The van der Waals surface area contributed by atoms with Crippen LogP contribution in [-0.2, 0) is 16.0 Å². The molecule has 6 heteroatoms. The Morgan fingerprint density at radius 2 is 1.75 bits per heavy atom. The maximum Gasteiger partial charge on any atom is 0.241 e. The molecule has 5 nitrogen and oxygen atoms in total. The number of amides is 2. The minimum absolute atomic E-state index is 0.0741. The highest BCUT2D eigenvalue weighted by atomic mass is 19.1. The lowest BCUT2D eigenvalue weighted by atomic mass is 9.88. The van der Waals surface area contributed by atoms with Crippen molar-refractivity contribution in [1.29, 1.82) is 0 Å². The predicted octanol–water partition coefficient (Wildman–Crippen LogP) is 3.85. The summed E-state index contributed by atoms with van der Waals surface area (Å²) in [5.41, 5.74) is 7.42. The summed E-state index contributed by atoms with van der Waals surface area (Å²) in [5.74, 6) is -1.13. The van der Waals surface area contributed by atoms with Crippen LogP contribution in [0.1, 0.15) is 37.7 Å². The Bertz CT molecular complexity index is 820. The highest BCUT2D eigenvalue weighted by Crippen LogP contribution is 2.26. The molecule has 4 N–H and O–H groups in total. The zero-order chi connectivity index (χ0) is 19.9. The Labute approximate surface area is 164 Å². The van der Waals surface area contributed by atoms with Gasteiger partial charge in [-0.3, -0.25) is 9.59 Å². The maximum absolute atomic E-state index is 14.1. The molecule has 0 aliphatic heterocycles. The molecule has 1 aliphatic rings. The molecule has 0 bridgehead atoms. The first-order valence-corrected chi connectivity index (χ1v) is 9.73. The van der Waals surface area contributed by atoms with E-state index in [0.29, 0.717) is 12.1 Å². The molecule has 148 valence electrons. The minimum Gasteiger partial charge on any atom is -0.325 e. The van der Waals surface area contributed by atoms with E-state index in [-0.39, 0.29) is 23.4 Å². The van der Waals surface area contributed by atoms with Gasteiger partial charge in [0.15, 0.2) is 0 Å². The molecule has 3 rings (SSSR count). The number of hydrogen-bond donors (Lipinski definition) is 3. The van der Waals surface area contributed by atoms with Crippen LogP contribution in [0.25, 0.3) is 0 Å². The monoisotopic (exact) mass is 383 g/mol. The molecule has 2 aromatic rings. The van der Waals surface area contributed by atoms with Crippen molar-refractivity contribution in [3.63, 3.8) is 0 Å². The largest absolute Gasteiger partial charge is 0.325 e. The SMILES string of the molecule is NC(Cc1ccccc1)C(=O)Nc1ccc(F)c(NC(=O)C2CCCCC2)c1. The predicted molar refractivity (Wildman–Crippen MR) is 108 cm³/mol. The van der Waals surface area contributed by atoms with Crippen molar-refractivity contribution in [3.05, 3.63) is 59.9 Å². The van der Waals surface area contributed by atoms with Crippen molar-refractivity contribution in [2.75, 3.05) is 10.6 Å². The number of hydrogen-bond acceptors (Lipinski definition) is 3. The molecule has 1 fully saturated rings. The molecule has 1 atom stereocenters. The lowest BCUT2D eigenvalue weighted by Crippen LogP contribution is -2.37. The fourth-order valence-electron chi connectivity index (χ4n) is 3.49. The van der Waals surface area contributed by atoms with Gasteiger partial charge in [-0.2, -0.15) is 0 Å². The van der Waals surface area contributed by atoms with Gasteiger partial charge in [0.2, 0.25) is 11.8 Å². The van der Waals surface area contributed by atoms with Gasteiger partial charge in [0, 0.05) is 11.6 Å². The van der Waals surface area contributed by atoms with Crippen LogP contribution in [0.15, 0.2) is 48.5 Å². The smallest absolute Gasteiger partial charge is 0.241 e. The minimum atomic E-state index is -0.729. The van der Waals surface area contributed by atoms with Crippen molar-refractivity contribution in [2.24, 2.45) is 11.7 Å². The fourth-order valence-corrected chi connectivity index (χ4v) is 3.49. The molecule has 0 heterocycles. The third-order valence-corrected chi connectivity index (χ3v) is 5.10. The lowest BCUT2D eigenvalue weighted by Gasteiger charge is -2.21. The summed E-state index contributed by atoms with van der Waals surface area (Å²) in [7, 11) is 0. The van der Waals surface area contributed by atoms with E-state index in [1.54, 1.807) is 0 Å². The summed E-state index contributed by atoms with van der Waals surface area (Å²) in [6.45, 7) is 0. The van der Waals surface area contributed by atoms with E-state index >= 15 is 0 Å². The molecular weight excluding hydrogens is 357 g/mol. The average molecular weight is 383 g/mol. The molecule has 0 aromatic heterocycles. The molecule has 2 amide bonds. The summed E-state index contributed by atoms with van der Waals surface area (Å²) in [4.78, 5) is 24.7. The van der Waals surface area contributed by atoms with E-state index < -0.39 is 11.9 Å². The van der Waals surface area contributed by atoms with Gasteiger partial charge in [-0.15, -0.1) is 0 Å². The van der Waals surface area contributed by atoms with Crippen LogP contribution < -0.4 is 16.4 Å². The second kappa shape index (κ2) is 9.46. The van der Waals surface area contributed by atoms with Crippen LogP contribution in [0.2, 0.25) is 0 Å². The standard InChI is InChI=1S/C22H26FN3O2/c23-18-12-11-17(14-20(18)26-21(27)16-9-5-2-6-10-16)25-22(28)19(24)13-15-7-3-1-4-8-15/h1,3-4,7-8,11-12,14,16,19H,2,5-6,9-10,13,24H2,(H,25,28)(H,26,27).